The smallest absolute Gasteiger partial charge is 0.362 e. The van der Waals surface area contributed by atoms with E-state index in [1.165, 1.54) is 17.5 Å². The van der Waals surface area contributed by atoms with Crippen molar-refractivity contribution in [2.75, 3.05) is 11.9 Å². The van der Waals surface area contributed by atoms with Crippen LogP contribution in [0.4, 0.5) is 19.0 Å². The number of aromatic nitrogens is 3. The second-order valence-electron chi connectivity index (χ2n) is 8.15. The van der Waals surface area contributed by atoms with Gasteiger partial charge in [-0.15, -0.1) is 11.3 Å². The van der Waals surface area contributed by atoms with Gasteiger partial charge in [0.1, 0.15) is 11.4 Å². The van der Waals surface area contributed by atoms with E-state index in [9.17, 15) is 18.0 Å². The Bertz CT molecular complexity index is 1080. The van der Waals surface area contributed by atoms with Crippen molar-refractivity contribution >= 4 is 23.1 Å². The molecule has 0 bridgehead atoms. The van der Waals surface area contributed by atoms with Gasteiger partial charge in [-0.05, 0) is 42.3 Å². The summed E-state index contributed by atoms with van der Waals surface area (Å²) < 4.78 is 42.6. The van der Waals surface area contributed by atoms with Crippen LogP contribution in [-0.4, -0.2) is 38.3 Å². The molecule has 0 spiro atoms. The van der Waals surface area contributed by atoms with Gasteiger partial charge in [0.05, 0.1) is 18.3 Å². The SMILES string of the molecule is O=C(c1cnn2c1N[C@H](c1cccs1)C[C@@H]2C(F)(F)F)N1CCCC[C@H]1c1cccnc1. The molecule has 0 unspecified atom stereocenters. The second kappa shape index (κ2) is 8.23. The molecule has 2 aliphatic heterocycles. The van der Waals surface area contributed by atoms with Crippen LogP contribution in [0.2, 0.25) is 0 Å². The third-order valence-electron chi connectivity index (χ3n) is 6.19. The molecule has 5 heterocycles. The van der Waals surface area contributed by atoms with Crippen molar-refractivity contribution in [2.45, 2.75) is 50.0 Å². The van der Waals surface area contributed by atoms with Gasteiger partial charge in [-0.2, -0.15) is 18.3 Å². The van der Waals surface area contributed by atoms with Crippen LogP contribution in [0.15, 0.2) is 48.2 Å². The van der Waals surface area contributed by atoms with Crippen LogP contribution in [0.25, 0.3) is 0 Å². The molecule has 1 saturated heterocycles. The molecule has 3 atom stereocenters. The predicted octanol–water partition coefficient (Wildman–Crippen LogP) is 5.37. The fraction of sp³-hybridized carbons (Fsp3) is 0.409. The highest BCUT2D eigenvalue weighted by atomic mass is 32.1. The largest absolute Gasteiger partial charge is 0.410 e. The molecule has 32 heavy (non-hydrogen) atoms. The number of carbonyl (C=O) groups is 1. The molecule has 0 radical (unpaired) electrons. The number of hydrogen-bond acceptors (Lipinski definition) is 5. The molecule has 168 valence electrons. The number of amides is 1. The number of fused-ring (bicyclic) bond motifs is 1. The molecule has 1 N–H and O–H groups in total. The maximum absolute atomic E-state index is 13.9. The lowest BCUT2D eigenvalue weighted by atomic mass is 9.95. The van der Waals surface area contributed by atoms with Gasteiger partial charge >= 0.3 is 6.18 Å². The zero-order valence-electron chi connectivity index (χ0n) is 17.1. The number of likely N-dealkylation sites (tertiary alicyclic amines) is 1. The van der Waals surface area contributed by atoms with Crippen molar-refractivity contribution in [3.63, 3.8) is 0 Å². The average Bonchev–Trinajstić information content (AvgIpc) is 3.48. The molecular formula is C22H22F3N5OS. The number of piperidine rings is 1. The number of hydrogen-bond donors (Lipinski definition) is 1. The fourth-order valence-electron chi connectivity index (χ4n) is 4.64. The van der Waals surface area contributed by atoms with E-state index in [0.717, 1.165) is 34.4 Å². The lowest BCUT2D eigenvalue weighted by Crippen LogP contribution is -2.40. The van der Waals surface area contributed by atoms with Gasteiger partial charge in [-0.3, -0.25) is 9.78 Å². The Morgan fingerprint density at radius 2 is 2.06 bits per heavy atom. The van der Waals surface area contributed by atoms with Gasteiger partial charge in [-0.1, -0.05) is 12.1 Å². The Labute approximate surface area is 187 Å². The van der Waals surface area contributed by atoms with E-state index < -0.39 is 18.3 Å². The highest BCUT2D eigenvalue weighted by Crippen LogP contribution is 2.45. The number of nitrogens with one attached hydrogen (secondary N) is 1. The van der Waals surface area contributed by atoms with Crippen molar-refractivity contribution in [1.82, 2.24) is 19.7 Å². The number of alkyl halides is 3. The average molecular weight is 462 g/mol. The molecule has 2 aliphatic rings. The van der Waals surface area contributed by atoms with Gasteiger partial charge in [0, 0.05) is 30.2 Å². The first-order valence-corrected chi connectivity index (χ1v) is 11.5. The van der Waals surface area contributed by atoms with E-state index in [1.807, 2.05) is 29.6 Å². The fourth-order valence-corrected chi connectivity index (χ4v) is 5.43. The van der Waals surface area contributed by atoms with E-state index >= 15 is 0 Å². The van der Waals surface area contributed by atoms with E-state index in [4.69, 9.17) is 0 Å². The summed E-state index contributed by atoms with van der Waals surface area (Å²) in [7, 11) is 0. The standard InChI is InChI=1S/C22H22F3N5OS/c23-22(24,25)19-11-16(18-7-4-10-32-18)28-20-15(13-27-30(19)20)21(31)29-9-2-1-6-17(29)14-5-3-8-26-12-14/h3-5,7-8,10,12-13,16-17,19,28H,1-2,6,9,11H2/t16-,17-,19+/m0/s1. The minimum absolute atomic E-state index is 0.137. The molecule has 0 saturated carbocycles. The summed E-state index contributed by atoms with van der Waals surface area (Å²) in [6.45, 7) is 0.542. The number of halogens is 3. The Hall–Kier alpha value is -2.88. The highest BCUT2D eigenvalue weighted by molar-refractivity contribution is 7.10. The highest BCUT2D eigenvalue weighted by Gasteiger charge is 2.48. The normalized spacial score (nSPS) is 23.5. The summed E-state index contributed by atoms with van der Waals surface area (Å²) >= 11 is 1.40. The number of carbonyl (C=O) groups excluding carboxylic acids is 1. The quantitative estimate of drug-likeness (QED) is 0.570. The van der Waals surface area contributed by atoms with Crippen molar-refractivity contribution < 1.29 is 18.0 Å². The summed E-state index contributed by atoms with van der Waals surface area (Å²) in [6.07, 6.45) is 2.67. The van der Waals surface area contributed by atoms with Crippen molar-refractivity contribution in [3.8, 4) is 0 Å². The first kappa shape index (κ1) is 21.0. The zero-order chi connectivity index (χ0) is 22.3. The van der Waals surface area contributed by atoms with Gasteiger partial charge in [0.25, 0.3) is 5.91 Å². The Morgan fingerprint density at radius 1 is 1.19 bits per heavy atom. The van der Waals surface area contributed by atoms with E-state index in [-0.39, 0.29) is 29.8 Å². The topological polar surface area (TPSA) is 63.1 Å². The maximum atomic E-state index is 13.9. The van der Waals surface area contributed by atoms with Gasteiger partial charge in [0.2, 0.25) is 0 Å². The summed E-state index contributed by atoms with van der Waals surface area (Å²) in [5.41, 5.74) is 1.11. The van der Waals surface area contributed by atoms with Crippen molar-refractivity contribution in [1.29, 1.82) is 0 Å². The lowest BCUT2D eigenvalue weighted by molar-refractivity contribution is -0.173. The summed E-state index contributed by atoms with van der Waals surface area (Å²) in [6, 6.07) is 4.91. The van der Waals surface area contributed by atoms with Crippen LogP contribution in [0.3, 0.4) is 0 Å². The van der Waals surface area contributed by atoms with E-state index in [2.05, 4.69) is 15.4 Å². The molecule has 0 aromatic carbocycles. The van der Waals surface area contributed by atoms with Gasteiger partial charge in [-0.25, -0.2) is 4.68 Å². The minimum Gasteiger partial charge on any atom is -0.362 e. The third-order valence-corrected chi connectivity index (χ3v) is 7.17. The molecule has 0 aliphatic carbocycles. The van der Waals surface area contributed by atoms with Crippen molar-refractivity contribution in [3.05, 3.63) is 64.2 Å². The Kier molecular flexibility index (Phi) is 5.40. The molecule has 5 rings (SSSR count). The third kappa shape index (κ3) is 3.76. The van der Waals surface area contributed by atoms with Crippen LogP contribution < -0.4 is 5.32 Å². The maximum Gasteiger partial charge on any atom is 0.410 e. The van der Waals surface area contributed by atoms with Crippen LogP contribution >= 0.6 is 11.3 Å². The number of thiophene rings is 1. The number of nitrogens with zero attached hydrogens (tertiary/aromatic N) is 4. The van der Waals surface area contributed by atoms with Crippen LogP contribution in [0.5, 0.6) is 0 Å². The molecule has 1 amide bonds. The predicted molar refractivity (Wildman–Crippen MR) is 114 cm³/mol. The summed E-state index contributed by atoms with van der Waals surface area (Å²) in [5, 5.41) is 9.02. The van der Waals surface area contributed by atoms with E-state index in [0.29, 0.717) is 6.54 Å². The molecule has 10 heteroatoms. The molecule has 1 fully saturated rings. The Morgan fingerprint density at radius 3 is 2.78 bits per heavy atom. The first-order valence-electron chi connectivity index (χ1n) is 10.6. The number of pyridine rings is 1. The molecule has 3 aromatic rings. The summed E-state index contributed by atoms with van der Waals surface area (Å²) in [5.74, 6) is -0.169. The lowest BCUT2D eigenvalue weighted by Gasteiger charge is -2.37. The van der Waals surface area contributed by atoms with Crippen LogP contribution in [0, 0.1) is 0 Å². The first-order chi connectivity index (χ1) is 15.4. The molecule has 3 aromatic heterocycles. The van der Waals surface area contributed by atoms with Gasteiger partial charge in [0.15, 0.2) is 6.04 Å². The minimum atomic E-state index is -4.47. The number of rotatable bonds is 3. The number of anilines is 1. The summed E-state index contributed by atoms with van der Waals surface area (Å²) in [4.78, 5) is 20.3. The molecule has 6 nitrogen and oxygen atoms in total. The van der Waals surface area contributed by atoms with Crippen molar-refractivity contribution in [2.24, 2.45) is 0 Å². The Balaban J connectivity index is 1.51. The van der Waals surface area contributed by atoms with Gasteiger partial charge < -0.3 is 10.2 Å². The van der Waals surface area contributed by atoms with Crippen LogP contribution in [-0.2, 0) is 0 Å². The monoisotopic (exact) mass is 461 g/mol. The molecular weight excluding hydrogens is 439 g/mol. The van der Waals surface area contributed by atoms with Crippen LogP contribution in [0.1, 0.15) is 64.6 Å². The zero-order valence-corrected chi connectivity index (χ0v) is 17.9. The van der Waals surface area contributed by atoms with E-state index in [1.54, 1.807) is 17.3 Å². The second-order valence-corrected chi connectivity index (χ2v) is 9.13.